The summed E-state index contributed by atoms with van der Waals surface area (Å²) in [4.78, 5) is 6.48. The average Bonchev–Trinajstić information content (AvgIpc) is 2.49. The van der Waals surface area contributed by atoms with Crippen molar-refractivity contribution < 1.29 is 8.78 Å². The summed E-state index contributed by atoms with van der Waals surface area (Å²) in [6, 6.07) is 12.2. The van der Waals surface area contributed by atoms with Crippen LogP contribution in [0.3, 0.4) is 0 Å². The second-order valence-corrected chi connectivity index (χ2v) is 4.91. The molecule has 106 valence electrons. The van der Waals surface area contributed by atoms with Gasteiger partial charge in [0.1, 0.15) is 5.02 Å². The predicted molar refractivity (Wildman–Crippen MR) is 76.9 cm³/mol. The van der Waals surface area contributed by atoms with E-state index in [0.29, 0.717) is 5.56 Å². The van der Waals surface area contributed by atoms with E-state index in [4.69, 9.17) is 17.3 Å². The van der Waals surface area contributed by atoms with Crippen molar-refractivity contribution in [3.8, 4) is 0 Å². The van der Waals surface area contributed by atoms with Gasteiger partial charge in [0.05, 0.1) is 11.7 Å². The van der Waals surface area contributed by atoms with E-state index in [1.54, 1.807) is 6.07 Å². The second-order valence-electron chi connectivity index (χ2n) is 4.53. The minimum absolute atomic E-state index is 0.0713. The van der Waals surface area contributed by atoms with Crippen LogP contribution in [0.25, 0.3) is 10.8 Å². The lowest BCUT2D eigenvalue weighted by molar-refractivity contribution is 0.474. The van der Waals surface area contributed by atoms with Crippen molar-refractivity contribution in [2.75, 3.05) is 0 Å². The van der Waals surface area contributed by atoms with Crippen molar-refractivity contribution in [1.82, 2.24) is 9.97 Å². The van der Waals surface area contributed by atoms with Crippen LogP contribution in [-0.2, 0) is 0 Å². The summed E-state index contributed by atoms with van der Waals surface area (Å²) in [5.41, 5.74) is 6.73. The van der Waals surface area contributed by atoms with E-state index in [2.05, 4.69) is 9.97 Å². The van der Waals surface area contributed by atoms with Gasteiger partial charge < -0.3 is 5.73 Å². The SMILES string of the molecule is NC(c1nc(F)nc(F)c1Cl)c1cccc2ccccc12. The van der Waals surface area contributed by atoms with Gasteiger partial charge in [0.2, 0.25) is 5.95 Å². The summed E-state index contributed by atoms with van der Waals surface area (Å²) in [6.45, 7) is 0. The average molecular weight is 306 g/mol. The molecular weight excluding hydrogens is 296 g/mol. The number of hydrogen-bond acceptors (Lipinski definition) is 3. The summed E-state index contributed by atoms with van der Waals surface area (Å²) in [6.07, 6.45) is -1.19. The summed E-state index contributed by atoms with van der Waals surface area (Å²) in [5.74, 6) is -1.12. The van der Waals surface area contributed by atoms with Gasteiger partial charge in [-0.3, -0.25) is 0 Å². The van der Waals surface area contributed by atoms with Crippen LogP contribution >= 0.6 is 11.6 Å². The van der Waals surface area contributed by atoms with Gasteiger partial charge in [0, 0.05) is 0 Å². The number of aromatic nitrogens is 2. The highest BCUT2D eigenvalue weighted by atomic mass is 35.5. The first-order valence-electron chi connectivity index (χ1n) is 6.19. The number of benzene rings is 2. The Labute approximate surface area is 124 Å². The number of fused-ring (bicyclic) bond motifs is 1. The Morgan fingerprint density at radius 2 is 1.71 bits per heavy atom. The highest BCUT2D eigenvalue weighted by molar-refractivity contribution is 6.31. The van der Waals surface area contributed by atoms with Crippen molar-refractivity contribution in [3.05, 3.63) is 70.8 Å². The van der Waals surface area contributed by atoms with Crippen LogP contribution in [0.15, 0.2) is 42.5 Å². The van der Waals surface area contributed by atoms with Gasteiger partial charge in [-0.15, -0.1) is 0 Å². The molecule has 3 nitrogen and oxygen atoms in total. The van der Waals surface area contributed by atoms with Gasteiger partial charge in [-0.25, -0.2) is 4.98 Å². The number of hydrogen-bond donors (Lipinski definition) is 1. The van der Waals surface area contributed by atoms with E-state index in [1.807, 2.05) is 36.4 Å². The lowest BCUT2D eigenvalue weighted by atomic mass is 9.97. The first-order chi connectivity index (χ1) is 10.1. The summed E-state index contributed by atoms with van der Waals surface area (Å²) in [5, 5.41) is 1.48. The van der Waals surface area contributed by atoms with Crippen LogP contribution < -0.4 is 5.73 Å². The van der Waals surface area contributed by atoms with Crippen LogP contribution in [-0.4, -0.2) is 9.97 Å². The Balaban J connectivity index is 2.19. The molecule has 0 saturated heterocycles. The van der Waals surface area contributed by atoms with Crippen LogP contribution in [0.1, 0.15) is 17.3 Å². The first kappa shape index (κ1) is 13.9. The van der Waals surface area contributed by atoms with Gasteiger partial charge >= 0.3 is 6.08 Å². The van der Waals surface area contributed by atoms with Gasteiger partial charge in [-0.2, -0.15) is 13.8 Å². The molecule has 0 bridgehead atoms. The van der Waals surface area contributed by atoms with Crippen LogP contribution in [0.5, 0.6) is 0 Å². The molecule has 2 N–H and O–H groups in total. The molecule has 1 aromatic heterocycles. The fourth-order valence-corrected chi connectivity index (χ4v) is 2.49. The lowest BCUT2D eigenvalue weighted by Crippen LogP contribution is -2.17. The van der Waals surface area contributed by atoms with Crippen LogP contribution in [0.4, 0.5) is 8.78 Å². The zero-order valence-electron chi connectivity index (χ0n) is 10.7. The fraction of sp³-hybridized carbons (Fsp3) is 0.0667. The molecule has 1 heterocycles. The summed E-state index contributed by atoms with van der Waals surface area (Å²) >= 11 is 5.81. The van der Waals surface area contributed by atoms with E-state index in [-0.39, 0.29) is 10.7 Å². The third-order valence-electron chi connectivity index (χ3n) is 3.26. The smallest absolute Gasteiger partial charge is 0.311 e. The standard InChI is InChI=1S/C15H10ClF2N3/c16-11-13(20-15(18)21-14(11)17)12(19)10-7-3-5-8-4-1-2-6-9(8)10/h1-7,12H,19H2. The van der Waals surface area contributed by atoms with E-state index in [0.717, 1.165) is 10.8 Å². The molecule has 0 fully saturated rings. The van der Waals surface area contributed by atoms with E-state index >= 15 is 0 Å². The topological polar surface area (TPSA) is 51.8 Å². The van der Waals surface area contributed by atoms with Gasteiger partial charge in [-0.1, -0.05) is 54.1 Å². The molecule has 0 aliphatic carbocycles. The largest absolute Gasteiger partial charge is 0.319 e. The second kappa shape index (κ2) is 5.35. The predicted octanol–water partition coefficient (Wildman–Crippen LogP) is 3.61. The Hall–Kier alpha value is -2.11. The number of nitrogens with two attached hydrogens (primary N) is 1. The molecule has 3 rings (SSSR count). The maximum atomic E-state index is 13.5. The summed E-state index contributed by atoms with van der Waals surface area (Å²) in [7, 11) is 0. The van der Waals surface area contributed by atoms with Gasteiger partial charge in [0.25, 0.3) is 0 Å². The van der Waals surface area contributed by atoms with Crippen molar-refractivity contribution >= 4 is 22.4 Å². The quantitative estimate of drug-likeness (QED) is 0.581. The zero-order chi connectivity index (χ0) is 15.0. The number of nitrogens with zero attached hydrogens (tertiary/aromatic N) is 2. The van der Waals surface area contributed by atoms with Crippen molar-refractivity contribution in [3.63, 3.8) is 0 Å². The Bertz CT molecular complexity index is 818. The van der Waals surface area contributed by atoms with Crippen LogP contribution in [0.2, 0.25) is 5.02 Å². The molecule has 21 heavy (non-hydrogen) atoms. The van der Waals surface area contributed by atoms with E-state index < -0.39 is 18.1 Å². The third-order valence-corrected chi connectivity index (χ3v) is 3.61. The fourth-order valence-electron chi connectivity index (χ4n) is 2.28. The Morgan fingerprint density at radius 3 is 2.52 bits per heavy atom. The number of rotatable bonds is 2. The van der Waals surface area contributed by atoms with Crippen molar-refractivity contribution in [2.24, 2.45) is 5.73 Å². The monoisotopic (exact) mass is 305 g/mol. The third kappa shape index (κ3) is 2.46. The molecule has 0 aliphatic heterocycles. The maximum absolute atomic E-state index is 13.5. The normalized spacial score (nSPS) is 12.6. The van der Waals surface area contributed by atoms with Crippen LogP contribution in [0, 0.1) is 12.0 Å². The maximum Gasteiger partial charge on any atom is 0.311 e. The molecule has 0 spiro atoms. The number of halogens is 3. The first-order valence-corrected chi connectivity index (χ1v) is 6.57. The van der Waals surface area contributed by atoms with Crippen molar-refractivity contribution in [2.45, 2.75) is 6.04 Å². The minimum Gasteiger partial charge on any atom is -0.319 e. The minimum atomic E-state index is -1.19. The molecule has 0 saturated carbocycles. The van der Waals surface area contributed by atoms with Gasteiger partial charge in [0.15, 0.2) is 0 Å². The highest BCUT2D eigenvalue weighted by Gasteiger charge is 2.21. The highest BCUT2D eigenvalue weighted by Crippen LogP contribution is 2.30. The Morgan fingerprint density at radius 1 is 1.00 bits per heavy atom. The zero-order valence-corrected chi connectivity index (χ0v) is 11.5. The molecular formula is C15H10ClF2N3. The molecule has 0 aliphatic rings. The van der Waals surface area contributed by atoms with E-state index in [9.17, 15) is 8.78 Å². The molecule has 6 heteroatoms. The molecule has 1 unspecified atom stereocenters. The van der Waals surface area contributed by atoms with Crippen molar-refractivity contribution in [1.29, 1.82) is 0 Å². The van der Waals surface area contributed by atoms with Gasteiger partial charge in [-0.05, 0) is 16.3 Å². The molecule has 3 aromatic rings. The summed E-state index contributed by atoms with van der Waals surface area (Å²) < 4.78 is 26.7. The molecule has 0 radical (unpaired) electrons. The van der Waals surface area contributed by atoms with E-state index in [1.165, 1.54) is 0 Å². The Kier molecular flexibility index (Phi) is 3.53. The molecule has 2 aromatic carbocycles. The molecule has 1 atom stereocenters. The lowest BCUT2D eigenvalue weighted by Gasteiger charge is -2.15. The molecule has 0 amide bonds.